The van der Waals surface area contributed by atoms with Crippen LogP contribution in [-0.2, 0) is 15.8 Å². The Labute approximate surface area is 156 Å². The van der Waals surface area contributed by atoms with Gasteiger partial charge in [-0.3, -0.25) is 4.79 Å². The summed E-state index contributed by atoms with van der Waals surface area (Å²) in [7, 11) is -3.50. The Morgan fingerprint density at radius 2 is 1.77 bits per heavy atom. The van der Waals surface area contributed by atoms with Crippen LogP contribution in [0.2, 0.25) is 0 Å². The van der Waals surface area contributed by atoms with Crippen molar-refractivity contribution in [1.82, 2.24) is 14.2 Å². The largest absolute Gasteiger partial charge is 0.335 e. The third-order valence-corrected chi connectivity index (χ3v) is 7.19. The third kappa shape index (κ3) is 4.11. The quantitative estimate of drug-likeness (QED) is 0.793. The first-order chi connectivity index (χ1) is 12.3. The second-order valence-electron chi connectivity index (χ2n) is 6.22. The minimum Gasteiger partial charge on any atom is -0.335 e. The molecule has 0 radical (unpaired) electrons. The number of carbonyl (C=O) groups is 1. The first kappa shape index (κ1) is 18.9. The average Bonchev–Trinajstić information content (AvgIpc) is 2.94. The van der Waals surface area contributed by atoms with Crippen LogP contribution in [0.25, 0.3) is 0 Å². The smallest absolute Gasteiger partial charge is 0.265 e. The Balaban J connectivity index is 1.63. The Hall–Kier alpha value is -1.84. The summed E-state index contributed by atoms with van der Waals surface area (Å²) in [5.41, 5.74) is 1.25. The van der Waals surface area contributed by atoms with Crippen molar-refractivity contribution in [3.63, 3.8) is 0 Å². The molecule has 2 heterocycles. The van der Waals surface area contributed by atoms with E-state index in [2.05, 4.69) is 4.98 Å². The normalized spacial score (nSPS) is 16.0. The van der Waals surface area contributed by atoms with E-state index in [-0.39, 0.29) is 24.7 Å². The van der Waals surface area contributed by atoms with Gasteiger partial charge in [0.1, 0.15) is 10.7 Å². The summed E-state index contributed by atoms with van der Waals surface area (Å²) in [5.74, 6) is -0.662. The lowest BCUT2D eigenvalue weighted by molar-refractivity contribution is 0.0701. The summed E-state index contributed by atoms with van der Waals surface area (Å²) in [4.78, 5) is 19.2. The van der Waals surface area contributed by atoms with E-state index in [1.54, 1.807) is 11.8 Å². The highest BCUT2D eigenvalue weighted by Crippen LogP contribution is 2.21. The topological polar surface area (TPSA) is 70.6 Å². The van der Waals surface area contributed by atoms with Crippen LogP contribution in [-0.4, -0.2) is 54.7 Å². The van der Waals surface area contributed by atoms with Crippen molar-refractivity contribution < 1.29 is 17.6 Å². The molecule has 0 atom stereocenters. The minimum absolute atomic E-state index is 0.0938. The predicted molar refractivity (Wildman–Crippen MR) is 98.1 cm³/mol. The van der Waals surface area contributed by atoms with Crippen LogP contribution in [0.4, 0.5) is 4.39 Å². The van der Waals surface area contributed by atoms with Crippen molar-refractivity contribution in [3.8, 4) is 0 Å². The van der Waals surface area contributed by atoms with E-state index in [0.29, 0.717) is 29.2 Å². The van der Waals surface area contributed by atoms with E-state index >= 15 is 0 Å². The van der Waals surface area contributed by atoms with Gasteiger partial charge in [-0.2, -0.15) is 4.31 Å². The second-order valence-corrected chi connectivity index (χ2v) is 9.39. The number of hydrogen-bond donors (Lipinski definition) is 0. The summed E-state index contributed by atoms with van der Waals surface area (Å²) in [6.45, 7) is 4.86. The van der Waals surface area contributed by atoms with Crippen LogP contribution in [0.15, 0.2) is 24.3 Å². The number of hydrogen-bond acceptors (Lipinski definition) is 5. The molecule has 1 aliphatic heterocycles. The van der Waals surface area contributed by atoms with Crippen molar-refractivity contribution in [2.45, 2.75) is 19.6 Å². The number of carbonyl (C=O) groups excluding carboxylic acids is 1. The number of amides is 1. The Morgan fingerprint density at radius 3 is 2.31 bits per heavy atom. The maximum Gasteiger partial charge on any atom is 0.265 e. The van der Waals surface area contributed by atoms with Gasteiger partial charge in [0.25, 0.3) is 5.91 Å². The number of halogens is 1. The van der Waals surface area contributed by atoms with Crippen LogP contribution in [0, 0.1) is 19.7 Å². The van der Waals surface area contributed by atoms with Crippen molar-refractivity contribution in [1.29, 1.82) is 0 Å². The number of sulfonamides is 1. The van der Waals surface area contributed by atoms with Gasteiger partial charge in [0.2, 0.25) is 10.0 Å². The zero-order chi connectivity index (χ0) is 18.9. The van der Waals surface area contributed by atoms with E-state index in [0.717, 1.165) is 5.01 Å². The van der Waals surface area contributed by atoms with E-state index in [9.17, 15) is 17.6 Å². The summed E-state index contributed by atoms with van der Waals surface area (Å²) in [6, 6.07) is 5.45. The standard InChI is InChI=1S/C17H20FN3O3S2/c1-12-16(25-13(2)19-12)17(22)20-7-9-21(10-8-20)26(23,24)11-14-3-5-15(18)6-4-14/h3-6H,7-11H2,1-2H3. The fourth-order valence-corrected chi connectivity index (χ4v) is 5.33. The molecule has 2 aromatic rings. The molecule has 1 fully saturated rings. The molecule has 26 heavy (non-hydrogen) atoms. The number of piperazine rings is 1. The number of aryl methyl sites for hydroxylation is 2. The van der Waals surface area contributed by atoms with Gasteiger partial charge < -0.3 is 4.90 Å². The number of rotatable bonds is 4. The van der Waals surface area contributed by atoms with E-state index in [4.69, 9.17) is 0 Å². The molecule has 0 bridgehead atoms. The van der Waals surface area contributed by atoms with Crippen LogP contribution in [0.5, 0.6) is 0 Å². The molecule has 6 nitrogen and oxygen atoms in total. The lowest BCUT2D eigenvalue weighted by Gasteiger charge is -2.33. The van der Waals surface area contributed by atoms with Crippen molar-refractivity contribution in [2.75, 3.05) is 26.2 Å². The van der Waals surface area contributed by atoms with Gasteiger partial charge >= 0.3 is 0 Å². The number of thiazole rings is 1. The van der Waals surface area contributed by atoms with Gasteiger partial charge in [-0.05, 0) is 31.5 Å². The fourth-order valence-electron chi connectivity index (χ4n) is 2.93. The first-order valence-corrected chi connectivity index (χ1v) is 10.6. The number of aromatic nitrogens is 1. The Kier molecular flexibility index (Phi) is 5.40. The van der Waals surface area contributed by atoms with Crippen LogP contribution < -0.4 is 0 Å². The zero-order valence-electron chi connectivity index (χ0n) is 14.6. The average molecular weight is 397 g/mol. The molecule has 0 saturated carbocycles. The van der Waals surface area contributed by atoms with Gasteiger partial charge in [-0.25, -0.2) is 17.8 Å². The summed E-state index contributed by atoms with van der Waals surface area (Å²) >= 11 is 1.36. The molecule has 0 spiro atoms. The second kappa shape index (κ2) is 7.42. The van der Waals surface area contributed by atoms with Crippen molar-refractivity contribution >= 4 is 27.3 Å². The maximum atomic E-state index is 13.0. The van der Waals surface area contributed by atoms with Crippen molar-refractivity contribution in [3.05, 3.63) is 51.2 Å². The minimum atomic E-state index is -3.50. The molecular weight excluding hydrogens is 377 g/mol. The maximum absolute atomic E-state index is 13.0. The SMILES string of the molecule is Cc1nc(C)c(C(=O)N2CCN(S(=O)(=O)Cc3ccc(F)cc3)CC2)s1. The molecule has 140 valence electrons. The van der Waals surface area contributed by atoms with E-state index in [1.165, 1.54) is 39.9 Å². The molecule has 1 amide bonds. The summed E-state index contributed by atoms with van der Waals surface area (Å²) in [5, 5.41) is 0.839. The predicted octanol–water partition coefficient (Wildman–Crippen LogP) is 2.19. The van der Waals surface area contributed by atoms with Crippen LogP contribution >= 0.6 is 11.3 Å². The molecule has 1 aromatic carbocycles. The molecule has 3 rings (SSSR count). The third-order valence-electron chi connectivity index (χ3n) is 4.28. The van der Waals surface area contributed by atoms with Crippen molar-refractivity contribution in [2.24, 2.45) is 0 Å². The molecular formula is C17H20FN3O3S2. The highest BCUT2D eigenvalue weighted by Gasteiger charge is 2.30. The lowest BCUT2D eigenvalue weighted by Crippen LogP contribution is -2.50. The zero-order valence-corrected chi connectivity index (χ0v) is 16.2. The number of benzene rings is 1. The Morgan fingerprint density at radius 1 is 1.15 bits per heavy atom. The molecule has 0 unspecified atom stereocenters. The van der Waals surface area contributed by atoms with Gasteiger partial charge in [-0.1, -0.05) is 12.1 Å². The molecule has 1 saturated heterocycles. The molecule has 1 aliphatic rings. The van der Waals surface area contributed by atoms with Gasteiger partial charge in [0, 0.05) is 26.2 Å². The first-order valence-electron chi connectivity index (χ1n) is 8.22. The van der Waals surface area contributed by atoms with Crippen LogP contribution in [0.3, 0.4) is 0 Å². The molecule has 1 aromatic heterocycles. The van der Waals surface area contributed by atoms with Gasteiger partial charge in [0.05, 0.1) is 16.5 Å². The van der Waals surface area contributed by atoms with Gasteiger partial charge in [-0.15, -0.1) is 11.3 Å². The highest BCUT2D eigenvalue weighted by molar-refractivity contribution is 7.88. The molecule has 9 heteroatoms. The Bertz CT molecular complexity index is 902. The monoisotopic (exact) mass is 397 g/mol. The molecule has 0 N–H and O–H groups in total. The van der Waals surface area contributed by atoms with E-state index < -0.39 is 15.8 Å². The summed E-state index contributed by atoms with van der Waals surface area (Å²) in [6.07, 6.45) is 0. The lowest BCUT2D eigenvalue weighted by atomic mass is 10.2. The number of nitrogens with zero attached hydrogens (tertiary/aromatic N) is 3. The summed E-state index contributed by atoms with van der Waals surface area (Å²) < 4.78 is 39.5. The van der Waals surface area contributed by atoms with E-state index in [1.807, 2.05) is 6.92 Å². The fraction of sp³-hybridized carbons (Fsp3) is 0.412. The highest BCUT2D eigenvalue weighted by atomic mass is 32.2. The molecule has 0 aliphatic carbocycles. The van der Waals surface area contributed by atoms with Gasteiger partial charge in [0.15, 0.2) is 0 Å². The van der Waals surface area contributed by atoms with Crippen LogP contribution in [0.1, 0.15) is 25.9 Å².